The van der Waals surface area contributed by atoms with Crippen molar-refractivity contribution in [2.45, 2.75) is 6.18 Å². The van der Waals surface area contributed by atoms with Gasteiger partial charge < -0.3 is 10.6 Å². The van der Waals surface area contributed by atoms with Gasteiger partial charge in [0.25, 0.3) is 0 Å². The Labute approximate surface area is 122 Å². The van der Waals surface area contributed by atoms with Crippen molar-refractivity contribution in [1.29, 1.82) is 0 Å². The lowest BCUT2D eigenvalue weighted by atomic mass is 10.2. The highest BCUT2D eigenvalue weighted by molar-refractivity contribution is 5.66. The number of halogens is 3. The van der Waals surface area contributed by atoms with Crippen molar-refractivity contribution in [2.24, 2.45) is 0 Å². The first-order valence-electron chi connectivity index (χ1n) is 5.93. The van der Waals surface area contributed by atoms with Gasteiger partial charge in [0.05, 0.1) is 22.4 Å². The van der Waals surface area contributed by atoms with Crippen LogP contribution in [0.2, 0.25) is 0 Å². The van der Waals surface area contributed by atoms with Gasteiger partial charge in [-0.25, -0.2) is 9.97 Å². The Kier molecular flexibility index (Phi) is 4.11. The monoisotopic (exact) mass is 313 g/mol. The van der Waals surface area contributed by atoms with Crippen molar-refractivity contribution in [3.63, 3.8) is 0 Å². The minimum atomic E-state index is -4.70. The Balaban J connectivity index is 2.35. The van der Waals surface area contributed by atoms with Crippen LogP contribution >= 0.6 is 0 Å². The van der Waals surface area contributed by atoms with Crippen LogP contribution in [0.3, 0.4) is 0 Å². The number of nitrogens with zero attached hydrogens (tertiary/aromatic N) is 3. The van der Waals surface area contributed by atoms with E-state index in [4.69, 9.17) is 0 Å². The van der Waals surface area contributed by atoms with Crippen LogP contribution in [-0.4, -0.2) is 21.9 Å². The van der Waals surface area contributed by atoms with Crippen LogP contribution in [0.4, 0.5) is 36.2 Å². The van der Waals surface area contributed by atoms with E-state index >= 15 is 0 Å². The van der Waals surface area contributed by atoms with Crippen molar-refractivity contribution in [3.05, 3.63) is 46.3 Å². The molecule has 0 atom stereocenters. The molecule has 0 bridgehead atoms. The fourth-order valence-corrected chi connectivity index (χ4v) is 1.60. The number of pyridine rings is 2. The molecule has 0 aliphatic carbocycles. The van der Waals surface area contributed by atoms with Crippen molar-refractivity contribution >= 4 is 23.0 Å². The van der Waals surface area contributed by atoms with Crippen molar-refractivity contribution in [1.82, 2.24) is 9.97 Å². The standard InChI is InChI=1S/C12H10F3N5O2/c1-16-10-3-2-8(6-17-10)19-11-9(20(21)22)4-7(5-18-11)12(13,14)15/h2-6H,1H3,(H,16,17)(H,18,19). The molecule has 0 fully saturated rings. The number of aromatic nitrogens is 2. The summed E-state index contributed by atoms with van der Waals surface area (Å²) in [5, 5.41) is 16.3. The van der Waals surface area contributed by atoms with Gasteiger partial charge in [-0.1, -0.05) is 0 Å². The second kappa shape index (κ2) is 5.84. The fraction of sp³-hybridized carbons (Fsp3) is 0.167. The topological polar surface area (TPSA) is 93.0 Å². The average Bonchev–Trinajstić information content (AvgIpc) is 2.47. The largest absolute Gasteiger partial charge is 0.418 e. The smallest absolute Gasteiger partial charge is 0.373 e. The summed E-state index contributed by atoms with van der Waals surface area (Å²) in [6.07, 6.45) is -2.80. The SMILES string of the molecule is CNc1ccc(Nc2ncc(C(F)(F)F)cc2[N+](=O)[O-])cn1. The van der Waals surface area contributed by atoms with Crippen molar-refractivity contribution in [3.8, 4) is 0 Å². The van der Waals surface area contributed by atoms with E-state index in [0.29, 0.717) is 23.8 Å². The van der Waals surface area contributed by atoms with Crippen LogP contribution in [0.25, 0.3) is 0 Å². The lowest BCUT2D eigenvalue weighted by molar-refractivity contribution is -0.384. The molecule has 0 saturated heterocycles. The first-order valence-corrected chi connectivity index (χ1v) is 5.93. The highest BCUT2D eigenvalue weighted by Gasteiger charge is 2.33. The van der Waals surface area contributed by atoms with Crippen LogP contribution in [-0.2, 0) is 6.18 Å². The fourth-order valence-electron chi connectivity index (χ4n) is 1.60. The van der Waals surface area contributed by atoms with Gasteiger partial charge in [-0.15, -0.1) is 0 Å². The number of hydrogen-bond donors (Lipinski definition) is 2. The molecule has 10 heteroatoms. The number of anilines is 3. The lowest BCUT2D eigenvalue weighted by Crippen LogP contribution is -2.08. The van der Waals surface area contributed by atoms with Crippen LogP contribution < -0.4 is 10.6 Å². The first kappa shape index (κ1) is 15.5. The number of alkyl halides is 3. The predicted octanol–water partition coefficient (Wildman–Crippen LogP) is 3.19. The highest BCUT2D eigenvalue weighted by Crippen LogP contribution is 2.34. The molecule has 0 unspecified atom stereocenters. The Morgan fingerprint density at radius 3 is 2.45 bits per heavy atom. The van der Waals surface area contributed by atoms with E-state index in [0.717, 1.165) is 0 Å². The van der Waals surface area contributed by atoms with E-state index in [1.807, 2.05) is 0 Å². The van der Waals surface area contributed by atoms with E-state index in [2.05, 4.69) is 20.6 Å². The van der Waals surface area contributed by atoms with Crippen LogP contribution in [0.1, 0.15) is 5.56 Å². The van der Waals surface area contributed by atoms with Gasteiger partial charge in [0.15, 0.2) is 0 Å². The Bertz CT molecular complexity index is 688. The zero-order valence-electron chi connectivity index (χ0n) is 11.2. The molecular formula is C12H10F3N5O2. The summed E-state index contributed by atoms with van der Waals surface area (Å²) in [7, 11) is 1.66. The van der Waals surface area contributed by atoms with E-state index in [1.54, 1.807) is 19.2 Å². The van der Waals surface area contributed by atoms with Crippen LogP contribution in [0.15, 0.2) is 30.6 Å². The molecule has 0 aliphatic heterocycles. The molecule has 0 radical (unpaired) electrons. The summed E-state index contributed by atoms with van der Waals surface area (Å²) >= 11 is 0. The van der Waals surface area contributed by atoms with Gasteiger partial charge >= 0.3 is 11.9 Å². The minimum Gasteiger partial charge on any atom is -0.373 e. The molecule has 2 aromatic heterocycles. The third kappa shape index (κ3) is 3.40. The summed E-state index contributed by atoms with van der Waals surface area (Å²) in [4.78, 5) is 17.5. The van der Waals surface area contributed by atoms with Crippen molar-refractivity contribution < 1.29 is 18.1 Å². The third-order valence-electron chi connectivity index (χ3n) is 2.67. The maximum atomic E-state index is 12.6. The molecule has 0 amide bonds. The van der Waals surface area contributed by atoms with Gasteiger partial charge in [0.1, 0.15) is 5.82 Å². The summed E-state index contributed by atoms with van der Waals surface area (Å²) in [6, 6.07) is 3.59. The van der Waals surface area contributed by atoms with Crippen LogP contribution in [0.5, 0.6) is 0 Å². The van der Waals surface area contributed by atoms with Crippen LogP contribution in [0, 0.1) is 10.1 Å². The minimum absolute atomic E-state index is 0.294. The number of rotatable bonds is 4. The number of nitrogens with one attached hydrogen (secondary N) is 2. The summed E-state index contributed by atoms with van der Waals surface area (Å²) in [5.74, 6) is 0.275. The van der Waals surface area contributed by atoms with E-state index in [-0.39, 0.29) is 5.82 Å². The van der Waals surface area contributed by atoms with Gasteiger partial charge in [-0.2, -0.15) is 13.2 Å². The molecule has 2 N–H and O–H groups in total. The Hall–Kier alpha value is -2.91. The molecule has 0 spiro atoms. The normalized spacial score (nSPS) is 11.1. The molecule has 7 nitrogen and oxygen atoms in total. The van der Waals surface area contributed by atoms with Gasteiger partial charge in [-0.3, -0.25) is 10.1 Å². The zero-order chi connectivity index (χ0) is 16.3. The molecule has 2 rings (SSSR count). The second-order valence-electron chi connectivity index (χ2n) is 4.15. The van der Waals surface area contributed by atoms with Crippen molar-refractivity contribution in [2.75, 3.05) is 17.7 Å². The Morgan fingerprint density at radius 1 is 1.23 bits per heavy atom. The summed E-state index contributed by atoms with van der Waals surface area (Å²) in [6.45, 7) is 0. The average molecular weight is 313 g/mol. The quantitative estimate of drug-likeness (QED) is 0.665. The predicted molar refractivity (Wildman–Crippen MR) is 73.0 cm³/mol. The molecule has 0 aliphatic rings. The molecule has 2 heterocycles. The van der Waals surface area contributed by atoms with Gasteiger partial charge in [0, 0.05) is 19.3 Å². The third-order valence-corrected chi connectivity index (χ3v) is 2.67. The molecule has 2 aromatic rings. The summed E-state index contributed by atoms with van der Waals surface area (Å²) < 4.78 is 37.7. The molecular weight excluding hydrogens is 303 g/mol. The molecule has 22 heavy (non-hydrogen) atoms. The maximum Gasteiger partial charge on any atom is 0.418 e. The zero-order valence-corrected chi connectivity index (χ0v) is 11.2. The maximum absolute atomic E-state index is 12.6. The molecule has 0 saturated carbocycles. The second-order valence-corrected chi connectivity index (χ2v) is 4.15. The highest BCUT2D eigenvalue weighted by atomic mass is 19.4. The Morgan fingerprint density at radius 2 is 1.95 bits per heavy atom. The molecule has 116 valence electrons. The van der Waals surface area contributed by atoms with E-state index in [9.17, 15) is 23.3 Å². The molecule has 0 aromatic carbocycles. The van der Waals surface area contributed by atoms with E-state index in [1.165, 1.54) is 6.20 Å². The van der Waals surface area contributed by atoms with Gasteiger partial charge in [-0.05, 0) is 12.1 Å². The van der Waals surface area contributed by atoms with Gasteiger partial charge in [0.2, 0.25) is 5.82 Å². The first-order chi connectivity index (χ1) is 10.3. The van der Waals surface area contributed by atoms with E-state index < -0.39 is 22.4 Å². The number of hydrogen-bond acceptors (Lipinski definition) is 6. The summed E-state index contributed by atoms with van der Waals surface area (Å²) in [5.41, 5.74) is -1.60. The number of nitro groups is 1. The lowest BCUT2D eigenvalue weighted by Gasteiger charge is -2.09.